The van der Waals surface area contributed by atoms with Gasteiger partial charge in [0, 0.05) is 17.8 Å². The minimum absolute atomic E-state index is 0.0111. The van der Waals surface area contributed by atoms with E-state index in [1.807, 2.05) is 0 Å². The Morgan fingerprint density at radius 1 is 1.00 bits per heavy atom. The van der Waals surface area contributed by atoms with Crippen LogP contribution in [0.15, 0.2) is 24.3 Å². The molecule has 0 saturated heterocycles. The highest BCUT2D eigenvalue weighted by atomic mass is 16.2. The van der Waals surface area contributed by atoms with E-state index < -0.39 is 6.03 Å². The third-order valence-corrected chi connectivity index (χ3v) is 4.32. The standard InChI is InChI=1S/C16H24N4O2/c17-11-16(8-2-1-3-9-16)10-14(21)19-12-4-6-13(7-5-12)20-15(18)22/h4-7H,1-3,8-11,17H2,(H,19,21)(H3,18,20,22). The van der Waals surface area contributed by atoms with Gasteiger partial charge in [0.2, 0.25) is 5.91 Å². The Bertz CT molecular complexity index is 521. The Labute approximate surface area is 130 Å². The first-order valence-corrected chi connectivity index (χ1v) is 7.69. The van der Waals surface area contributed by atoms with Gasteiger partial charge in [0.15, 0.2) is 0 Å². The van der Waals surface area contributed by atoms with Crippen molar-refractivity contribution in [3.63, 3.8) is 0 Å². The SMILES string of the molecule is NCC1(CC(=O)Nc2ccc(NC(N)=O)cc2)CCCCC1. The van der Waals surface area contributed by atoms with Gasteiger partial charge in [-0.2, -0.15) is 0 Å². The van der Waals surface area contributed by atoms with Crippen LogP contribution in [-0.4, -0.2) is 18.5 Å². The van der Waals surface area contributed by atoms with E-state index in [0.29, 0.717) is 24.3 Å². The normalized spacial score (nSPS) is 16.8. The van der Waals surface area contributed by atoms with Gasteiger partial charge in [0.1, 0.15) is 0 Å². The minimum atomic E-state index is -0.612. The highest BCUT2D eigenvalue weighted by Crippen LogP contribution is 2.38. The summed E-state index contributed by atoms with van der Waals surface area (Å²) in [7, 11) is 0. The zero-order valence-electron chi connectivity index (χ0n) is 12.7. The second kappa shape index (κ2) is 7.26. The lowest BCUT2D eigenvalue weighted by molar-refractivity contribution is -0.118. The van der Waals surface area contributed by atoms with Crippen LogP contribution in [0.2, 0.25) is 0 Å². The molecule has 0 spiro atoms. The van der Waals surface area contributed by atoms with Crippen LogP contribution in [-0.2, 0) is 4.79 Å². The zero-order valence-corrected chi connectivity index (χ0v) is 12.7. The molecule has 6 N–H and O–H groups in total. The van der Waals surface area contributed by atoms with Gasteiger partial charge in [-0.15, -0.1) is 0 Å². The molecule has 3 amide bonds. The number of anilines is 2. The Balaban J connectivity index is 1.92. The minimum Gasteiger partial charge on any atom is -0.351 e. The molecular weight excluding hydrogens is 280 g/mol. The van der Waals surface area contributed by atoms with E-state index in [1.54, 1.807) is 24.3 Å². The molecule has 0 unspecified atom stereocenters. The fourth-order valence-corrected chi connectivity index (χ4v) is 3.08. The van der Waals surface area contributed by atoms with Crippen molar-refractivity contribution in [3.8, 4) is 0 Å². The van der Waals surface area contributed by atoms with Gasteiger partial charge in [0.05, 0.1) is 0 Å². The van der Waals surface area contributed by atoms with E-state index in [2.05, 4.69) is 10.6 Å². The number of hydrogen-bond acceptors (Lipinski definition) is 3. The topological polar surface area (TPSA) is 110 Å². The average Bonchev–Trinajstić information content (AvgIpc) is 2.49. The van der Waals surface area contributed by atoms with E-state index in [1.165, 1.54) is 6.42 Å². The summed E-state index contributed by atoms with van der Waals surface area (Å²) in [5, 5.41) is 5.37. The molecule has 1 aromatic carbocycles. The summed E-state index contributed by atoms with van der Waals surface area (Å²) in [6.07, 6.45) is 6.05. The molecule has 6 heteroatoms. The number of rotatable bonds is 5. The predicted octanol–water partition coefficient (Wildman–Crippen LogP) is 2.41. The smallest absolute Gasteiger partial charge is 0.316 e. The van der Waals surface area contributed by atoms with Crippen LogP contribution in [0, 0.1) is 5.41 Å². The quantitative estimate of drug-likeness (QED) is 0.670. The van der Waals surface area contributed by atoms with Gasteiger partial charge in [-0.05, 0) is 49.1 Å². The van der Waals surface area contributed by atoms with Crippen LogP contribution >= 0.6 is 0 Å². The zero-order chi connectivity index (χ0) is 16.0. The van der Waals surface area contributed by atoms with Gasteiger partial charge in [-0.3, -0.25) is 4.79 Å². The summed E-state index contributed by atoms with van der Waals surface area (Å²) in [5.41, 5.74) is 12.2. The summed E-state index contributed by atoms with van der Waals surface area (Å²) in [6.45, 7) is 0.557. The molecule has 1 aliphatic carbocycles. The van der Waals surface area contributed by atoms with E-state index in [4.69, 9.17) is 11.5 Å². The molecule has 1 aliphatic rings. The predicted molar refractivity (Wildman–Crippen MR) is 87.5 cm³/mol. The van der Waals surface area contributed by atoms with Crippen molar-refractivity contribution in [1.29, 1.82) is 0 Å². The summed E-state index contributed by atoms with van der Waals surface area (Å²) in [6, 6.07) is 6.25. The van der Waals surface area contributed by atoms with Crippen LogP contribution in [0.4, 0.5) is 16.2 Å². The number of hydrogen-bond donors (Lipinski definition) is 4. The molecule has 1 saturated carbocycles. The number of primary amides is 1. The second-order valence-electron chi connectivity index (χ2n) is 6.06. The van der Waals surface area contributed by atoms with Crippen LogP contribution in [0.25, 0.3) is 0 Å². The van der Waals surface area contributed by atoms with Gasteiger partial charge >= 0.3 is 6.03 Å². The molecule has 6 nitrogen and oxygen atoms in total. The number of urea groups is 1. The average molecular weight is 304 g/mol. The maximum absolute atomic E-state index is 12.3. The van der Waals surface area contributed by atoms with Gasteiger partial charge in [-0.1, -0.05) is 19.3 Å². The molecule has 0 atom stereocenters. The summed E-state index contributed by atoms with van der Waals surface area (Å²) in [5.74, 6) is -0.0111. The molecule has 0 aliphatic heterocycles. The van der Waals surface area contributed by atoms with Crippen LogP contribution in [0.3, 0.4) is 0 Å². The molecule has 0 bridgehead atoms. The number of nitrogens with one attached hydrogen (secondary N) is 2. The highest BCUT2D eigenvalue weighted by Gasteiger charge is 2.32. The van der Waals surface area contributed by atoms with Crippen molar-refractivity contribution < 1.29 is 9.59 Å². The van der Waals surface area contributed by atoms with Crippen LogP contribution in [0.5, 0.6) is 0 Å². The Morgan fingerprint density at radius 3 is 2.05 bits per heavy atom. The first-order chi connectivity index (χ1) is 10.5. The molecule has 2 rings (SSSR count). The van der Waals surface area contributed by atoms with E-state index >= 15 is 0 Å². The number of nitrogens with two attached hydrogens (primary N) is 2. The molecule has 1 aromatic rings. The third kappa shape index (κ3) is 4.46. The van der Waals surface area contributed by atoms with E-state index in [-0.39, 0.29) is 11.3 Å². The first kappa shape index (κ1) is 16.3. The van der Waals surface area contributed by atoms with Crippen LogP contribution in [0.1, 0.15) is 38.5 Å². The molecule has 22 heavy (non-hydrogen) atoms. The van der Waals surface area contributed by atoms with E-state index in [9.17, 15) is 9.59 Å². The van der Waals surface area contributed by atoms with Gasteiger partial charge < -0.3 is 22.1 Å². The largest absolute Gasteiger partial charge is 0.351 e. The molecule has 120 valence electrons. The van der Waals surface area contributed by atoms with Crippen molar-refractivity contribution in [2.24, 2.45) is 16.9 Å². The van der Waals surface area contributed by atoms with Crippen molar-refractivity contribution in [3.05, 3.63) is 24.3 Å². The lowest BCUT2D eigenvalue weighted by Crippen LogP contribution is -2.36. The maximum Gasteiger partial charge on any atom is 0.316 e. The first-order valence-electron chi connectivity index (χ1n) is 7.69. The van der Waals surface area contributed by atoms with Crippen molar-refractivity contribution >= 4 is 23.3 Å². The maximum atomic E-state index is 12.3. The molecule has 1 fully saturated rings. The molecule has 0 radical (unpaired) electrons. The Morgan fingerprint density at radius 2 is 1.55 bits per heavy atom. The van der Waals surface area contributed by atoms with Gasteiger partial charge in [-0.25, -0.2) is 4.79 Å². The Kier molecular flexibility index (Phi) is 5.38. The molecule has 0 aromatic heterocycles. The van der Waals surface area contributed by atoms with Gasteiger partial charge in [0.25, 0.3) is 0 Å². The molecule has 0 heterocycles. The van der Waals surface area contributed by atoms with E-state index in [0.717, 1.165) is 25.7 Å². The highest BCUT2D eigenvalue weighted by molar-refractivity contribution is 5.92. The summed E-state index contributed by atoms with van der Waals surface area (Å²) < 4.78 is 0. The Hall–Kier alpha value is -2.08. The fourth-order valence-electron chi connectivity index (χ4n) is 3.08. The number of benzene rings is 1. The second-order valence-corrected chi connectivity index (χ2v) is 6.06. The number of amides is 3. The number of carbonyl (C=O) groups excluding carboxylic acids is 2. The van der Waals surface area contributed by atoms with Crippen molar-refractivity contribution in [2.45, 2.75) is 38.5 Å². The monoisotopic (exact) mass is 304 g/mol. The summed E-state index contributed by atoms with van der Waals surface area (Å²) in [4.78, 5) is 23.0. The van der Waals surface area contributed by atoms with Crippen molar-refractivity contribution in [2.75, 3.05) is 17.2 Å². The van der Waals surface area contributed by atoms with Crippen LogP contribution < -0.4 is 22.1 Å². The molecular formula is C16H24N4O2. The summed E-state index contributed by atoms with van der Waals surface area (Å²) >= 11 is 0. The third-order valence-electron chi connectivity index (χ3n) is 4.32. The lowest BCUT2D eigenvalue weighted by atomic mass is 9.71. The number of carbonyl (C=O) groups is 2. The van der Waals surface area contributed by atoms with Crippen molar-refractivity contribution in [1.82, 2.24) is 0 Å². The fraction of sp³-hybridized carbons (Fsp3) is 0.500. The lowest BCUT2D eigenvalue weighted by Gasteiger charge is -2.35.